The van der Waals surface area contributed by atoms with E-state index in [4.69, 9.17) is 9.84 Å². The fourth-order valence-corrected chi connectivity index (χ4v) is 1.43. The SMILES string of the molecule is COc1c(C)cc(C(=O)O)c(O)c1C. The molecule has 14 heavy (non-hydrogen) atoms. The second-order valence-corrected chi connectivity index (χ2v) is 3.05. The summed E-state index contributed by atoms with van der Waals surface area (Å²) >= 11 is 0. The Bertz CT molecular complexity index is 382. The van der Waals surface area contributed by atoms with E-state index in [-0.39, 0.29) is 11.3 Å². The van der Waals surface area contributed by atoms with Crippen molar-refractivity contribution in [3.63, 3.8) is 0 Å². The molecule has 1 aromatic carbocycles. The van der Waals surface area contributed by atoms with Crippen LogP contribution in [-0.4, -0.2) is 23.3 Å². The lowest BCUT2D eigenvalue weighted by atomic mass is 10.0. The summed E-state index contributed by atoms with van der Waals surface area (Å²) in [7, 11) is 1.48. The quantitative estimate of drug-likeness (QED) is 0.755. The lowest BCUT2D eigenvalue weighted by molar-refractivity contribution is 0.0693. The van der Waals surface area contributed by atoms with Gasteiger partial charge in [-0.15, -0.1) is 0 Å². The molecule has 76 valence electrons. The number of hydrogen-bond acceptors (Lipinski definition) is 3. The molecule has 2 N–H and O–H groups in total. The number of aryl methyl sites for hydroxylation is 1. The van der Waals surface area contributed by atoms with E-state index in [1.54, 1.807) is 13.8 Å². The van der Waals surface area contributed by atoms with E-state index in [2.05, 4.69) is 0 Å². The van der Waals surface area contributed by atoms with Gasteiger partial charge < -0.3 is 14.9 Å². The van der Waals surface area contributed by atoms with Crippen LogP contribution in [0.1, 0.15) is 21.5 Å². The molecule has 4 nitrogen and oxygen atoms in total. The summed E-state index contributed by atoms with van der Waals surface area (Å²) in [4.78, 5) is 10.7. The molecule has 0 spiro atoms. The smallest absolute Gasteiger partial charge is 0.339 e. The van der Waals surface area contributed by atoms with Crippen LogP contribution in [0.2, 0.25) is 0 Å². The number of carbonyl (C=O) groups is 1. The highest BCUT2D eigenvalue weighted by Crippen LogP contribution is 2.33. The molecule has 0 unspecified atom stereocenters. The number of methoxy groups -OCH3 is 1. The zero-order valence-electron chi connectivity index (χ0n) is 8.29. The predicted octanol–water partition coefficient (Wildman–Crippen LogP) is 1.72. The Morgan fingerprint density at radius 2 is 2.00 bits per heavy atom. The average Bonchev–Trinajstić information content (AvgIpc) is 2.12. The van der Waals surface area contributed by atoms with Gasteiger partial charge in [-0.2, -0.15) is 0 Å². The van der Waals surface area contributed by atoms with Crippen LogP contribution in [0.3, 0.4) is 0 Å². The molecule has 0 bridgehead atoms. The van der Waals surface area contributed by atoms with Gasteiger partial charge in [0.25, 0.3) is 0 Å². The van der Waals surface area contributed by atoms with Crippen molar-refractivity contribution in [2.75, 3.05) is 7.11 Å². The summed E-state index contributed by atoms with van der Waals surface area (Å²) in [5.41, 5.74) is 1.05. The average molecular weight is 196 g/mol. The van der Waals surface area contributed by atoms with E-state index in [1.807, 2.05) is 0 Å². The van der Waals surface area contributed by atoms with Crippen molar-refractivity contribution in [2.45, 2.75) is 13.8 Å². The summed E-state index contributed by atoms with van der Waals surface area (Å²) in [6.45, 7) is 3.35. The Balaban J connectivity index is 3.47. The lowest BCUT2D eigenvalue weighted by Gasteiger charge is -2.11. The van der Waals surface area contributed by atoms with Crippen LogP contribution in [0.4, 0.5) is 0 Å². The molecule has 0 atom stereocenters. The Labute approximate surface area is 81.8 Å². The van der Waals surface area contributed by atoms with Crippen molar-refractivity contribution in [3.8, 4) is 11.5 Å². The van der Waals surface area contributed by atoms with Crippen LogP contribution in [-0.2, 0) is 0 Å². The van der Waals surface area contributed by atoms with E-state index in [9.17, 15) is 9.90 Å². The lowest BCUT2D eigenvalue weighted by Crippen LogP contribution is -2.01. The van der Waals surface area contributed by atoms with Gasteiger partial charge in [-0.1, -0.05) is 0 Å². The first-order valence-corrected chi connectivity index (χ1v) is 4.09. The Hall–Kier alpha value is -1.71. The summed E-state index contributed by atoms with van der Waals surface area (Å²) in [6.07, 6.45) is 0. The van der Waals surface area contributed by atoms with E-state index >= 15 is 0 Å². The molecule has 0 radical (unpaired) electrons. The number of phenols is 1. The van der Waals surface area contributed by atoms with Gasteiger partial charge in [0.05, 0.1) is 7.11 Å². The minimum absolute atomic E-state index is 0.0965. The number of rotatable bonds is 2. The second-order valence-electron chi connectivity index (χ2n) is 3.05. The fraction of sp³-hybridized carbons (Fsp3) is 0.300. The van der Waals surface area contributed by atoms with Crippen molar-refractivity contribution in [2.24, 2.45) is 0 Å². The third-order valence-corrected chi connectivity index (χ3v) is 2.10. The first kappa shape index (κ1) is 10.4. The highest BCUT2D eigenvalue weighted by molar-refractivity contribution is 5.92. The zero-order valence-corrected chi connectivity index (χ0v) is 8.29. The van der Waals surface area contributed by atoms with Crippen LogP contribution in [0, 0.1) is 13.8 Å². The fourth-order valence-electron chi connectivity index (χ4n) is 1.43. The van der Waals surface area contributed by atoms with Crippen LogP contribution in [0.5, 0.6) is 11.5 Å². The second kappa shape index (κ2) is 3.57. The number of aromatic hydroxyl groups is 1. The number of carboxylic acid groups (broad SMARTS) is 1. The Kier molecular flexibility index (Phi) is 2.65. The minimum Gasteiger partial charge on any atom is -0.507 e. The molecular weight excluding hydrogens is 184 g/mol. The summed E-state index contributed by atoms with van der Waals surface area (Å²) in [5.74, 6) is -0.858. The van der Waals surface area contributed by atoms with Crippen LogP contribution >= 0.6 is 0 Å². The highest BCUT2D eigenvalue weighted by Gasteiger charge is 2.17. The molecule has 0 saturated carbocycles. The number of benzene rings is 1. The molecule has 0 amide bonds. The molecule has 1 rings (SSSR count). The van der Waals surface area contributed by atoms with Crippen molar-refractivity contribution in [1.82, 2.24) is 0 Å². The van der Waals surface area contributed by atoms with Gasteiger partial charge in [0.1, 0.15) is 17.1 Å². The van der Waals surface area contributed by atoms with E-state index in [1.165, 1.54) is 13.2 Å². The van der Waals surface area contributed by atoms with Gasteiger partial charge >= 0.3 is 5.97 Å². The first-order chi connectivity index (χ1) is 6.49. The number of carboxylic acids is 1. The normalized spacial score (nSPS) is 9.93. The molecule has 0 fully saturated rings. The third-order valence-electron chi connectivity index (χ3n) is 2.10. The van der Waals surface area contributed by atoms with Gasteiger partial charge in [0.2, 0.25) is 0 Å². The van der Waals surface area contributed by atoms with Crippen molar-refractivity contribution in [1.29, 1.82) is 0 Å². The van der Waals surface area contributed by atoms with Crippen molar-refractivity contribution >= 4 is 5.97 Å². The molecule has 0 aliphatic heterocycles. The number of ether oxygens (including phenoxy) is 1. The van der Waals surface area contributed by atoms with Crippen LogP contribution < -0.4 is 4.74 Å². The number of hydrogen-bond donors (Lipinski definition) is 2. The van der Waals surface area contributed by atoms with Gasteiger partial charge in [-0.25, -0.2) is 4.79 Å². The molecule has 4 heteroatoms. The van der Waals surface area contributed by atoms with Crippen LogP contribution in [0.15, 0.2) is 6.07 Å². The highest BCUT2D eigenvalue weighted by atomic mass is 16.5. The maximum absolute atomic E-state index is 10.7. The summed E-state index contributed by atoms with van der Waals surface area (Å²) in [6, 6.07) is 1.39. The molecule has 0 saturated heterocycles. The topological polar surface area (TPSA) is 66.8 Å². The monoisotopic (exact) mass is 196 g/mol. The van der Waals surface area contributed by atoms with Gasteiger partial charge in [-0.05, 0) is 25.5 Å². The maximum Gasteiger partial charge on any atom is 0.339 e. The predicted molar refractivity (Wildman–Crippen MR) is 51.1 cm³/mol. The minimum atomic E-state index is -1.14. The molecule has 0 aliphatic rings. The van der Waals surface area contributed by atoms with E-state index in [0.29, 0.717) is 16.9 Å². The van der Waals surface area contributed by atoms with Gasteiger partial charge in [0, 0.05) is 5.56 Å². The van der Waals surface area contributed by atoms with Crippen molar-refractivity contribution < 1.29 is 19.7 Å². The van der Waals surface area contributed by atoms with Crippen molar-refractivity contribution in [3.05, 3.63) is 22.8 Å². The zero-order chi connectivity index (χ0) is 10.9. The summed E-state index contributed by atoms with van der Waals surface area (Å²) < 4.78 is 5.04. The first-order valence-electron chi connectivity index (χ1n) is 4.09. The maximum atomic E-state index is 10.7. The summed E-state index contributed by atoms with van der Waals surface area (Å²) in [5, 5.41) is 18.3. The molecular formula is C10H12O4. The molecule has 0 heterocycles. The van der Waals surface area contributed by atoms with E-state index in [0.717, 1.165) is 0 Å². The largest absolute Gasteiger partial charge is 0.507 e. The Morgan fingerprint density at radius 1 is 1.43 bits per heavy atom. The van der Waals surface area contributed by atoms with Gasteiger partial charge in [0.15, 0.2) is 0 Å². The third kappa shape index (κ3) is 1.51. The standard InChI is InChI=1S/C10H12O4/c1-5-4-7(10(12)13)8(11)6(2)9(5)14-3/h4,11H,1-3H3,(H,12,13). The molecule has 1 aromatic rings. The Morgan fingerprint density at radius 3 is 2.43 bits per heavy atom. The molecule has 0 aliphatic carbocycles. The van der Waals surface area contributed by atoms with Gasteiger partial charge in [-0.3, -0.25) is 0 Å². The number of aromatic carboxylic acids is 1. The van der Waals surface area contributed by atoms with E-state index < -0.39 is 5.97 Å². The molecule has 0 aromatic heterocycles. The van der Waals surface area contributed by atoms with Crippen LogP contribution in [0.25, 0.3) is 0 Å².